The van der Waals surface area contributed by atoms with Gasteiger partial charge in [-0.3, -0.25) is 14.4 Å². The number of hydrogen-bond donors (Lipinski definition) is 4. The predicted molar refractivity (Wildman–Crippen MR) is 115 cm³/mol. The number of fused-ring (bicyclic) bond motifs is 1. The highest BCUT2D eigenvalue weighted by Crippen LogP contribution is 2.33. The highest BCUT2D eigenvalue weighted by atomic mass is 35.5. The smallest absolute Gasteiger partial charge is 0.268 e. The summed E-state index contributed by atoms with van der Waals surface area (Å²) in [4.78, 5) is 40.6. The standard InChI is InChI=1S/C22H24ClN5O3/c23-16-2-1-3-17-15(16)10-19(27-17)22(31)28-18(8-12-4-5-12)21(30)26-14(11-24)9-13-6-7-25-20(13)29/h1-3,10,12-14,18,27H,4-9H2,(H,25,29)(H,26,30)(H,28,31)/t13-,14-,18-/m0/s1. The average Bonchev–Trinajstić information content (AvgIpc) is 3.30. The number of carbonyl (C=O) groups excluding carboxylic acids is 3. The summed E-state index contributed by atoms with van der Waals surface area (Å²) in [5.74, 6) is -0.794. The largest absolute Gasteiger partial charge is 0.356 e. The lowest BCUT2D eigenvalue weighted by molar-refractivity contribution is -0.125. The molecule has 9 heteroatoms. The molecule has 3 atom stereocenters. The molecular weight excluding hydrogens is 418 g/mol. The van der Waals surface area contributed by atoms with E-state index < -0.39 is 23.9 Å². The van der Waals surface area contributed by atoms with Gasteiger partial charge in [-0.25, -0.2) is 0 Å². The molecule has 4 rings (SSSR count). The number of H-pyrrole nitrogens is 1. The first-order chi connectivity index (χ1) is 14.9. The summed E-state index contributed by atoms with van der Waals surface area (Å²) in [5.41, 5.74) is 1.05. The number of nitriles is 1. The third-order valence-electron chi connectivity index (χ3n) is 5.90. The Morgan fingerprint density at radius 2 is 2.03 bits per heavy atom. The minimum atomic E-state index is -0.785. The van der Waals surface area contributed by atoms with E-state index in [4.69, 9.17) is 11.6 Å². The summed E-state index contributed by atoms with van der Waals surface area (Å²) in [5, 5.41) is 19.0. The van der Waals surface area contributed by atoms with E-state index in [1.807, 2.05) is 6.07 Å². The quantitative estimate of drug-likeness (QED) is 0.501. The first-order valence-corrected chi connectivity index (χ1v) is 10.9. The molecule has 1 aliphatic heterocycles. The van der Waals surface area contributed by atoms with E-state index in [1.165, 1.54) is 0 Å². The van der Waals surface area contributed by atoms with Gasteiger partial charge >= 0.3 is 0 Å². The number of halogens is 1. The number of aromatic amines is 1. The molecule has 0 bridgehead atoms. The monoisotopic (exact) mass is 441 g/mol. The van der Waals surface area contributed by atoms with Crippen LogP contribution in [0.25, 0.3) is 10.9 Å². The second-order valence-corrected chi connectivity index (χ2v) is 8.70. The van der Waals surface area contributed by atoms with Crippen molar-refractivity contribution in [2.75, 3.05) is 6.54 Å². The van der Waals surface area contributed by atoms with Crippen LogP contribution in [-0.2, 0) is 9.59 Å². The van der Waals surface area contributed by atoms with E-state index in [9.17, 15) is 19.6 Å². The predicted octanol–water partition coefficient (Wildman–Crippen LogP) is 2.25. The van der Waals surface area contributed by atoms with Gasteiger partial charge in [0.05, 0.1) is 6.07 Å². The molecule has 2 aliphatic rings. The van der Waals surface area contributed by atoms with Gasteiger partial charge < -0.3 is 20.9 Å². The van der Waals surface area contributed by atoms with Gasteiger partial charge in [0.15, 0.2) is 0 Å². The number of nitrogens with one attached hydrogen (secondary N) is 4. The normalized spacial score (nSPS) is 20.0. The fourth-order valence-corrected chi connectivity index (χ4v) is 4.19. The Kier molecular flexibility index (Phi) is 6.14. The van der Waals surface area contributed by atoms with Crippen LogP contribution in [0, 0.1) is 23.2 Å². The van der Waals surface area contributed by atoms with Gasteiger partial charge in [-0.05, 0) is 43.4 Å². The average molecular weight is 442 g/mol. The zero-order chi connectivity index (χ0) is 22.0. The van der Waals surface area contributed by atoms with Gasteiger partial charge in [0, 0.05) is 28.4 Å². The number of hydrogen-bond acceptors (Lipinski definition) is 4. The Morgan fingerprint density at radius 3 is 2.68 bits per heavy atom. The summed E-state index contributed by atoms with van der Waals surface area (Å²) in [6.07, 6.45) is 3.47. The summed E-state index contributed by atoms with van der Waals surface area (Å²) in [7, 11) is 0. The van der Waals surface area contributed by atoms with Crippen LogP contribution in [0.3, 0.4) is 0 Å². The third kappa shape index (κ3) is 5.00. The lowest BCUT2D eigenvalue weighted by Crippen LogP contribution is -2.50. The Morgan fingerprint density at radius 1 is 1.23 bits per heavy atom. The number of carbonyl (C=O) groups is 3. The molecule has 0 spiro atoms. The zero-order valence-electron chi connectivity index (χ0n) is 16.9. The number of benzene rings is 1. The zero-order valence-corrected chi connectivity index (χ0v) is 17.7. The van der Waals surface area contributed by atoms with Crippen LogP contribution in [0.4, 0.5) is 0 Å². The molecule has 0 unspecified atom stereocenters. The van der Waals surface area contributed by atoms with Crippen molar-refractivity contribution < 1.29 is 14.4 Å². The van der Waals surface area contributed by atoms with Crippen molar-refractivity contribution in [1.82, 2.24) is 20.9 Å². The van der Waals surface area contributed by atoms with Crippen LogP contribution >= 0.6 is 11.6 Å². The highest BCUT2D eigenvalue weighted by Gasteiger charge is 2.33. The number of aromatic nitrogens is 1. The van der Waals surface area contributed by atoms with Crippen LogP contribution in [0.1, 0.15) is 42.6 Å². The summed E-state index contributed by atoms with van der Waals surface area (Å²) in [6, 6.07) is 7.55. The van der Waals surface area contributed by atoms with Crippen molar-refractivity contribution in [3.05, 3.63) is 35.0 Å². The fourth-order valence-electron chi connectivity index (χ4n) is 3.97. The van der Waals surface area contributed by atoms with E-state index >= 15 is 0 Å². The van der Waals surface area contributed by atoms with Gasteiger partial charge in [-0.1, -0.05) is 30.5 Å². The molecule has 1 saturated carbocycles. The van der Waals surface area contributed by atoms with Crippen LogP contribution in [0.15, 0.2) is 24.3 Å². The summed E-state index contributed by atoms with van der Waals surface area (Å²) >= 11 is 6.19. The topological polar surface area (TPSA) is 127 Å². The minimum Gasteiger partial charge on any atom is -0.356 e. The van der Waals surface area contributed by atoms with E-state index in [-0.39, 0.29) is 18.2 Å². The van der Waals surface area contributed by atoms with Crippen molar-refractivity contribution in [3.63, 3.8) is 0 Å². The number of amides is 3. The molecule has 2 aromatic rings. The molecule has 2 heterocycles. The Bertz CT molecular complexity index is 1060. The van der Waals surface area contributed by atoms with Crippen LogP contribution in [0.2, 0.25) is 5.02 Å². The van der Waals surface area contributed by atoms with Crippen LogP contribution in [0.5, 0.6) is 0 Å². The van der Waals surface area contributed by atoms with Gasteiger partial charge in [0.25, 0.3) is 5.91 Å². The molecule has 4 N–H and O–H groups in total. The van der Waals surface area contributed by atoms with E-state index in [0.717, 1.165) is 23.7 Å². The third-order valence-corrected chi connectivity index (χ3v) is 6.23. The molecule has 3 amide bonds. The molecule has 1 saturated heterocycles. The first-order valence-electron chi connectivity index (χ1n) is 10.5. The van der Waals surface area contributed by atoms with E-state index in [0.29, 0.717) is 36.0 Å². The van der Waals surface area contributed by atoms with Gasteiger partial charge in [0.1, 0.15) is 17.8 Å². The number of nitrogens with zero attached hydrogens (tertiary/aromatic N) is 1. The maximum Gasteiger partial charge on any atom is 0.268 e. The molecule has 0 radical (unpaired) electrons. The molecule has 162 valence electrons. The summed E-state index contributed by atoms with van der Waals surface area (Å²) < 4.78 is 0. The SMILES string of the molecule is N#C[C@H](C[C@@H]1CCNC1=O)NC(=O)[C@H](CC1CC1)NC(=O)c1cc2c(Cl)cccc2[nH]1. The highest BCUT2D eigenvalue weighted by molar-refractivity contribution is 6.35. The van der Waals surface area contributed by atoms with Gasteiger partial charge in [-0.15, -0.1) is 0 Å². The van der Waals surface area contributed by atoms with Crippen molar-refractivity contribution in [1.29, 1.82) is 5.26 Å². The first kappa shape index (κ1) is 21.2. The van der Waals surface area contributed by atoms with Crippen molar-refractivity contribution in [2.45, 2.75) is 44.2 Å². The second kappa shape index (κ2) is 8.98. The molecule has 2 fully saturated rings. The Hall–Kier alpha value is -3.05. The maximum absolute atomic E-state index is 12.9. The molecule has 1 aliphatic carbocycles. The van der Waals surface area contributed by atoms with E-state index in [2.05, 4.69) is 27.0 Å². The molecule has 31 heavy (non-hydrogen) atoms. The maximum atomic E-state index is 12.9. The van der Waals surface area contributed by atoms with Crippen molar-refractivity contribution in [3.8, 4) is 6.07 Å². The van der Waals surface area contributed by atoms with Crippen LogP contribution < -0.4 is 16.0 Å². The minimum absolute atomic E-state index is 0.0881. The van der Waals surface area contributed by atoms with Crippen LogP contribution in [-0.4, -0.2) is 41.3 Å². The fraction of sp³-hybridized carbons (Fsp3) is 0.455. The Balaban J connectivity index is 1.43. The van der Waals surface area contributed by atoms with Crippen molar-refractivity contribution >= 4 is 40.2 Å². The lowest BCUT2D eigenvalue weighted by Gasteiger charge is -2.21. The Labute approximate surface area is 184 Å². The van der Waals surface area contributed by atoms with Gasteiger partial charge in [0.2, 0.25) is 11.8 Å². The van der Waals surface area contributed by atoms with Crippen molar-refractivity contribution in [2.24, 2.45) is 11.8 Å². The van der Waals surface area contributed by atoms with E-state index in [1.54, 1.807) is 18.2 Å². The molecule has 1 aromatic heterocycles. The lowest BCUT2D eigenvalue weighted by atomic mass is 9.98. The number of rotatable bonds is 8. The second-order valence-electron chi connectivity index (χ2n) is 8.29. The molecule has 1 aromatic carbocycles. The molecular formula is C22H24ClN5O3. The van der Waals surface area contributed by atoms with Gasteiger partial charge in [-0.2, -0.15) is 5.26 Å². The molecule has 8 nitrogen and oxygen atoms in total. The summed E-state index contributed by atoms with van der Waals surface area (Å²) in [6.45, 7) is 0.588.